The van der Waals surface area contributed by atoms with Crippen molar-refractivity contribution in [2.24, 2.45) is 11.3 Å². The van der Waals surface area contributed by atoms with Gasteiger partial charge >= 0.3 is 5.97 Å². The predicted octanol–water partition coefficient (Wildman–Crippen LogP) is 2.68. The summed E-state index contributed by atoms with van der Waals surface area (Å²) in [6, 6.07) is 0. The Morgan fingerprint density at radius 3 is 2.58 bits per heavy atom. The molecule has 1 aliphatic rings. The van der Waals surface area contributed by atoms with Crippen LogP contribution < -0.4 is 0 Å². The highest BCUT2D eigenvalue weighted by atomic mass is 16.4. The Balaban J connectivity index is 2.83. The van der Waals surface area contributed by atoms with Crippen molar-refractivity contribution in [3.05, 3.63) is 0 Å². The molecule has 2 heteroatoms. The molecule has 1 saturated carbocycles. The number of carboxylic acid groups (broad SMARTS) is 1. The predicted molar refractivity (Wildman–Crippen MR) is 48.0 cm³/mol. The van der Waals surface area contributed by atoms with Crippen LogP contribution in [0.3, 0.4) is 0 Å². The molecule has 1 rings (SSSR count). The van der Waals surface area contributed by atoms with E-state index >= 15 is 0 Å². The van der Waals surface area contributed by atoms with Gasteiger partial charge < -0.3 is 5.11 Å². The molecule has 1 N–H and O–H groups in total. The quantitative estimate of drug-likeness (QED) is 0.707. The first kappa shape index (κ1) is 9.56. The van der Waals surface area contributed by atoms with E-state index in [0.29, 0.717) is 5.92 Å². The molecule has 1 fully saturated rings. The number of aliphatic carboxylic acids is 1. The molecule has 70 valence electrons. The van der Waals surface area contributed by atoms with E-state index in [-0.39, 0.29) is 5.41 Å². The van der Waals surface area contributed by atoms with E-state index in [1.807, 2.05) is 6.92 Å². The second-order valence-corrected chi connectivity index (χ2v) is 3.81. The first-order valence-electron chi connectivity index (χ1n) is 4.90. The molecule has 0 amide bonds. The first-order valence-corrected chi connectivity index (χ1v) is 4.90. The Labute approximate surface area is 74.0 Å². The zero-order valence-electron chi connectivity index (χ0n) is 7.97. The van der Waals surface area contributed by atoms with Crippen LogP contribution in [0.5, 0.6) is 0 Å². The van der Waals surface area contributed by atoms with Crippen molar-refractivity contribution in [2.75, 3.05) is 0 Å². The maximum absolute atomic E-state index is 11.1. The molecule has 0 aliphatic heterocycles. The fraction of sp³-hybridized carbons (Fsp3) is 0.900. The summed E-state index contributed by atoms with van der Waals surface area (Å²) in [4.78, 5) is 11.1. The molecule has 0 heterocycles. The third kappa shape index (κ3) is 1.23. The lowest BCUT2D eigenvalue weighted by atomic mass is 9.74. The normalized spacial score (nSPS) is 35.3. The average Bonchev–Trinajstić information content (AvgIpc) is 2.47. The highest BCUT2D eigenvalue weighted by Crippen LogP contribution is 2.47. The lowest BCUT2D eigenvalue weighted by Gasteiger charge is -2.29. The van der Waals surface area contributed by atoms with Crippen LogP contribution in [0.25, 0.3) is 0 Å². The minimum Gasteiger partial charge on any atom is -0.481 e. The van der Waals surface area contributed by atoms with Crippen LogP contribution in [-0.2, 0) is 4.79 Å². The number of hydrogen-bond donors (Lipinski definition) is 1. The van der Waals surface area contributed by atoms with Gasteiger partial charge in [-0.15, -0.1) is 0 Å². The fourth-order valence-corrected chi connectivity index (χ4v) is 2.64. The van der Waals surface area contributed by atoms with E-state index in [1.165, 1.54) is 0 Å². The molecule has 0 radical (unpaired) electrons. The zero-order valence-corrected chi connectivity index (χ0v) is 7.97. The zero-order chi connectivity index (χ0) is 9.19. The van der Waals surface area contributed by atoms with E-state index in [2.05, 4.69) is 6.92 Å². The Hall–Kier alpha value is -0.530. The van der Waals surface area contributed by atoms with Gasteiger partial charge in [0, 0.05) is 0 Å². The number of rotatable bonds is 3. The van der Waals surface area contributed by atoms with Crippen molar-refractivity contribution < 1.29 is 9.90 Å². The lowest BCUT2D eigenvalue weighted by Crippen LogP contribution is -2.33. The van der Waals surface area contributed by atoms with Crippen LogP contribution in [-0.4, -0.2) is 11.1 Å². The monoisotopic (exact) mass is 170 g/mol. The average molecular weight is 170 g/mol. The molecular formula is C10H18O2. The van der Waals surface area contributed by atoms with E-state index in [4.69, 9.17) is 5.11 Å². The van der Waals surface area contributed by atoms with Gasteiger partial charge in [0.2, 0.25) is 0 Å². The summed E-state index contributed by atoms with van der Waals surface area (Å²) in [6.45, 7) is 4.10. The van der Waals surface area contributed by atoms with Gasteiger partial charge in [0.05, 0.1) is 5.41 Å². The summed E-state index contributed by atoms with van der Waals surface area (Å²) in [5, 5.41) is 9.17. The SMILES string of the molecule is CCC1CCCC1(CC)C(=O)O. The van der Waals surface area contributed by atoms with Crippen LogP contribution in [0.1, 0.15) is 46.0 Å². The summed E-state index contributed by atoms with van der Waals surface area (Å²) < 4.78 is 0. The molecule has 1 aliphatic carbocycles. The van der Waals surface area contributed by atoms with E-state index in [9.17, 15) is 4.79 Å². The Kier molecular flexibility index (Phi) is 2.76. The Morgan fingerprint density at radius 1 is 1.58 bits per heavy atom. The summed E-state index contributed by atoms with van der Waals surface area (Å²) in [5.74, 6) is -0.158. The molecular weight excluding hydrogens is 152 g/mol. The van der Waals surface area contributed by atoms with Crippen molar-refractivity contribution in [1.29, 1.82) is 0 Å². The van der Waals surface area contributed by atoms with Gasteiger partial charge in [-0.25, -0.2) is 0 Å². The first-order chi connectivity index (χ1) is 5.67. The standard InChI is InChI=1S/C10H18O2/c1-3-8-6-5-7-10(8,4-2)9(11)12/h8H,3-7H2,1-2H3,(H,11,12). The van der Waals surface area contributed by atoms with Crippen molar-refractivity contribution in [1.82, 2.24) is 0 Å². The lowest BCUT2D eigenvalue weighted by molar-refractivity contribution is -0.151. The smallest absolute Gasteiger partial charge is 0.309 e. The van der Waals surface area contributed by atoms with Crippen LogP contribution in [0, 0.1) is 11.3 Å². The second kappa shape index (κ2) is 3.46. The summed E-state index contributed by atoms with van der Waals surface area (Å²) in [5.41, 5.74) is -0.380. The highest BCUT2D eigenvalue weighted by molar-refractivity contribution is 5.75. The Bertz CT molecular complexity index is 177. The fourth-order valence-electron chi connectivity index (χ4n) is 2.64. The van der Waals surface area contributed by atoms with E-state index in [0.717, 1.165) is 32.1 Å². The molecule has 0 aromatic carbocycles. The molecule has 0 bridgehead atoms. The summed E-state index contributed by atoms with van der Waals surface area (Å²) in [7, 11) is 0. The molecule has 12 heavy (non-hydrogen) atoms. The third-order valence-electron chi connectivity index (χ3n) is 3.51. The maximum Gasteiger partial charge on any atom is 0.309 e. The van der Waals surface area contributed by atoms with E-state index in [1.54, 1.807) is 0 Å². The highest BCUT2D eigenvalue weighted by Gasteiger charge is 2.46. The molecule has 2 atom stereocenters. The van der Waals surface area contributed by atoms with Crippen molar-refractivity contribution >= 4 is 5.97 Å². The van der Waals surface area contributed by atoms with Gasteiger partial charge in [-0.2, -0.15) is 0 Å². The minimum atomic E-state index is -0.575. The Morgan fingerprint density at radius 2 is 2.25 bits per heavy atom. The molecule has 0 spiro atoms. The van der Waals surface area contributed by atoms with Crippen LogP contribution in [0.4, 0.5) is 0 Å². The second-order valence-electron chi connectivity index (χ2n) is 3.81. The summed E-state index contributed by atoms with van der Waals surface area (Å²) in [6.07, 6.45) is 4.90. The van der Waals surface area contributed by atoms with Crippen molar-refractivity contribution in [3.8, 4) is 0 Å². The summed E-state index contributed by atoms with van der Waals surface area (Å²) >= 11 is 0. The number of carbonyl (C=O) groups is 1. The van der Waals surface area contributed by atoms with Crippen molar-refractivity contribution in [3.63, 3.8) is 0 Å². The van der Waals surface area contributed by atoms with Crippen molar-refractivity contribution in [2.45, 2.75) is 46.0 Å². The molecule has 2 nitrogen and oxygen atoms in total. The van der Waals surface area contributed by atoms with E-state index < -0.39 is 5.97 Å². The molecule has 0 saturated heterocycles. The molecule has 2 unspecified atom stereocenters. The van der Waals surface area contributed by atoms with Crippen LogP contribution in [0.15, 0.2) is 0 Å². The van der Waals surface area contributed by atoms with Gasteiger partial charge in [0.1, 0.15) is 0 Å². The largest absolute Gasteiger partial charge is 0.481 e. The topological polar surface area (TPSA) is 37.3 Å². The van der Waals surface area contributed by atoms with Gasteiger partial charge in [0.25, 0.3) is 0 Å². The van der Waals surface area contributed by atoms with Gasteiger partial charge in [-0.1, -0.05) is 26.7 Å². The van der Waals surface area contributed by atoms with Gasteiger partial charge in [-0.3, -0.25) is 4.79 Å². The van der Waals surface area contributed by atoms with Crippen LogP contribution in [0.2, 0.25) is 0 Å². The maximum atomic E-state index is 11.1. The van der Waals surface area contributed by atoms with Crippen LogP contribution >= 0.6 is 0 Å². The number of hydrogen-bond acceptors (Lipinski definition) is 1. The molecule has 0 aromatic heterocycles. The van der Waals surface area contributed by atoms with Gasteiger partial charge in [-0.05, 0) is 25.2 Å². The number of carboxylic acids is 1. The minimum absolute atomic E-state index is 0.380. The molecule has 0 aromatic rings. The van der Waals surface area contributed by atoms with Gasteiger partial charge in [0.15, 0.2) is 0 Å². The third-order valence-corrected chi connectivity index (χ3v) is 3.51.